The van der Waals surface area contributed by atoms with Crippen LogP contribution in [0.1, 0.15) is 13.3 Å². The molecular formula is C9H13N3OS. The topological polar surface area (TPSA) is 82.0 Å². The van der Waals surface area contributed by atoms with Gasteiger partial charge in [-0.25, -0.2) is 4.98 Å². The Morgan fingerprint density at radius 2 is 2.36 bits per heavy atom. The zero-order valence-electron chi connectivity index (χ0n) is 7.93. The summed E-state index contributed by atoms with van der Waals surface area (Å²) in [4.78, 5) is 15.8. The predicted octanol–water partition coefficient (Wildman–Crippen LogP) is 1.02. The fourth-order valence-electron chi connectivity index (χ4n) is 0.968. The Morgan fingerprint density at radius 1 is 1.64 bits per heavy atom. The van der Waals surface area contributed by atoms with E-state index in [1.54, 1.807) is 12.3 Å². The van der Waals surface area contributed by atoms with Gasteiger partial charge in [-0.05, 0) is 18.6 Å². The zero-order chi connectivity index (χ0) is 10.6. The summed E-state index contributed by atoms with van der Waals surface area (Å²) in [5, 5.41) is -0.194. The number of nitrogen functional groups attached to an aromatic ring is 1. The van der Waals surface area contributed by atoms with Crippen molar-refractivity contribution >= 4 is 23.5 Å². The van der Waals surface area contributed by atoms with Gasteiger partial charge in [-0.2, -0.15) is 0 Å². The van der Waals surface area contributed by atoms with Crippen LogP contribution in [0.4, 0.5) is 5.82 Å². The number of hydrogen-bond donors (Lipinski definition) is 2. The minimum absolute atomic E-state index is 0.194. The standard InChI is InChI=1S/C9H13N3OS/c1-2-7(9(11)13)14-6-3-4-8(10)12-5-6/h3-5,7H,2H2,1H3,(H2,10,12)(H2,11,13). The monoisotopic (exact) mass is 211 g/mol. The number of anilines is 1. The minimum Gasteiger partial charge on any atom is -0.384 e. The third-order valence-corrected chi connectivity index (χ3v) is 3.09. The molecule has 76 valence electrons. The molecule has 1 rings (SSSR count). The molecule has 0 aliphatic rings. The van der Waals surface area contributed by atoms with E-state index in [0.717, 1.165) is 4.90 Å². The molecule has 1 aromatic heterocycles. The van der Waals surface area contributed by atoms with Gasteiger partial charge in [0.25, 0.3) is 0 Å². The number of hydrogen-bond acceptors (Lipinski definition) is 4. The van der Waals surface area contributed by atoms with Crippen molar-refractivity contribution in [2.75, 3.05) is 5.73 Å². The molecule has 1 unspecified atom stereocenters. The van der Waals surface area contributed by atoms with Crippen LogP contribution in [0, 0.1) is 0 Å². The number of thioether (sulfide) groups is 1. The molecule has 0 aliphatic heterocycles. The summed E-state index contributed by atoms with van der Waals surface area (Å²) in [6, 6.07) is 3.54. The second-order valence-electron chi connectivity index (χ2n) is 2.84. The number of amides is 1. The number of carbonyl (C=O) groups is 1. The first kappa shape index (κ1) is 10.8. The van der Waals surface area contributed by atoms with E-state index in [1.165, 1.54) is 11.8 Å². The van der Waals surface area contributed by atoms with Crippen LogP contribution in [0.15, 0.2) is 23.2 Å². The first-order chi connectivity index (χ1) is 6.63. The summed E-state index contributed by atoms with van der Waals surface area (Å²) in [7, 11) is 0. The lowest BCUT2D eigenvalue weighted by Crippen LogP contribution is -2.24. The summed E-state index contributed by atoms with van der Waals surface area (Å²) in [6.07, 6.45) is 2.36. The van der Waals surface area contributed by atoms with Crippen molar-refractivity contribution in [2.24, 2.45) is 5.73 Å². The fourth-order valence-corrected chi connectivity index (χ4v) is 1.84. The SMILES string of the molecule is CCC(Sc1ccc(N)nc1)C(N)=O. The number of aromatic nitrogens is 1. The van der Waals surface area contributed by atoms with E-state index in [2.05, 4.69) is 4.98 Å². The van der Waals surface area contributed by atoms with Crippen molar-refractivity contribution in [3.63, 3.8) is 0 Å². The molecule has 0 radical (unpaired) electrons. The van der Waals surface area contributed by atoms with Crippen LogP contribution in [0.3, 0.4) is 0 Å². The lowest BCUT2D eigenvalue weighted by molar-refractivity contribution is -0.117. The Bertz CT molecular complexity index is 312. The smallest absolute Gasteiger partial charge is 0.230 e. The summed E-state index contributed by atoms with van der Waals surface area (Å²) >= 11 is 1.41. The summed E-state index contributed by atoms with van der Waals surface area (Å²) in [5.74, 6) is 0.177. The molecule has 0 bridgehead atoms. The van der Waals surface area contributed by atoms with Crippen LogP contribution in [0.25, 0.3) is 0 Å². The zero-order valence-corrected chi connectivity index (χ0v) is 8.75. The van der Waals surface area contributed by atoms with E-state index in [-0.39, 0.29) is 11.2 Å². The average Bonchev–Trinajstić information content (AvgIpc) is 2.16. The molecule has 0 aliphatic carbocycles. The van der Waals surface area contributed by atoms with Gasteiger partial charge in [0.05, 0.1) is 5.25 Å². The van der Waals surface area contributed by atoms with Crippen molar-refractivity contribution in [1.29, 1.82) is 0 Å². The Morgan fingerprint density at radius 3 is 2.79 bits per heavy atom. The van der Waals surface area contributed by atoms with E-state index in [1.807, 2.05) is 13.0 Å². The number of carbonyl (C=O) groups excluding carboxylic acids is 1. The van der Waals surface area contributed by atoms with E-state index in [0.29, 0.717) is 12.2 Å². The van der Waals surface area contributed by atoms with Crippen LogP contribution >= 0.6 is 11.8 Å². The van der Waals surface area contributed by atoms with Crippen molar-refractivity contribution < 1.29 is 4.79 Å². The molecule has 1 atom stereocenters. The lowest BCUT2D eigenvalue weighted by atomic mass is 10.3. The molecule has 0 fully saturated rings. The Labute approximate surface area is 87.1 Å². The van der Waals surface area contributed by atoms with Gasteiger partial charge < -0.3 is 11.5 Å². The molecule has 0 saturated carbocycles. The minimum atomic E-state index is -0.297. The first-order valence-electron chi connectivity index (χ1n) is 4.31. The molecule has 14 heavy (non-hydrogen) atoms. The van der Waals surface area contributed by atoms with Crippen molar-refractivity contribution in [3.8, 4) is 0 Å². The number of rotatable bonds is 4. The van der Waals surface area contributed by atoms with E-state index >= 15 is 0 Å². The van der Waals surface area contributed by atoms with Gasteiger partial charge in [0.1, 0.15) is 5.82 Å². The molecule has 1 aromatic rings. The predicted molar refractivity (Wildman–Crippen MR) is 57.8 cm³/mol. The van der Waals surface area contributed by atoms with Gasteiger partial charge in [-0.3, -0.25) is 4.79 Å². The van der Waals surface area contributed by atoms with Crippen LogP contribution in [0.2, 0.25) is 0 Å². The van der Waals surface area contributed by atoms with Crippen LogP contribution < -0.4 is 11.5 Å². The van der Waals surface area contributed by atoms with Gasteiger partial charge in [0.15, 0.2) is 0 Å². The molecule has 0 saturated heterocycles. The molecule has 5 heteroatoms. The molecule has 1 amide bonds. The summed E-state index contributed by atoms with van der Waals surface area (Å²) in [5.41, 5.74) is 10.7. The number of nitrogens with two attached hydrogens (primary N) is 2. The van der Waals surface area contributed by atoms with Crippen molar-refractivity contribution in [1.82, 2.24) is 4.98 Å². The van der Waals surface area contributed by atoms with Gasteiger partial charge in [0.2, 0.25) is 5.91 Å². The molecule has 0 aromatic carbocycles. The Kier molecular flexibility index (Phi) is 3.76. The highest BCUT2D eigenvalue weighted by Crippen LogP contribution is 2.24. The highest BCUT2D eigenvalue weighted by Gasteiger charge is 2.14. The second-order valence-corrected chi connectivity index (χ2v) is 4.11. The van der Waals surface area contributed by atoms with Gasteiger partial charge in [-0.1, -0.05) is 6.92 Å². The van der Waals surface area contributed by atoms with Gasteiger partial charge in [0, 0.05) is 11.1 Å². The molecular weight excluding hydrogens is 198 g/mol. The van der Waals surface area contributed by atoms with E-state index in [4.69, 9.17) is 11.5 Å². The van der Waals surface area contributed by atoms with Gasteiger partial charge in [-0.15, -0.1) is 11.8 Å². The quantitative estimate of drug-likeness (QED) is 0.728. The van der Waals surface area contributed by atoms with E-state index in [9.17, 15) is 4.79 Å². The second kappa shape index (κ2) is 4.85. The molecule has 4 N–H and O–H groups in total. The van der Waals surface area contributed by atoms with Crippen LogP contribution in [0.5, 0.6) is 0 Å². The average molecular weight is 211 g/mol. The maximum absolute atomic E-state index is 11.0. The Hall–Kier alpha value is -1.23. The maximum atomic E-state index is 11.0. The number of nitrogens with zero attached hydrogens (tertiary/aromatic N) is 1. The summed E-state index contributed by atoms with van der Waals surface area (Å²) < 4.78 is 0. The first-order valence-corrected chi connectivity index (χ1v) is 5.19. The summed E-state index contributed by atoms with van der Waals surface area (Å²) in [6.45, 7) is 1.92. The normalized spacial score (nSPS) is 12.4. The van der Waals surface area contributed by atoms with E-state index < -0.39 is 0 Å². The Balaban J connectivity index is 2.67. The molecule has 4 nitrogen and oxygen atoms in total. The molecule has 1 heterocycles. The third kappa shape index (κ3) is 2.92. The maximum Gasteiger partial charge on any atom is 0.230 e. The largest absolute Gasteiger partial charge is 0.384 e. The van der Waals surface area contributed by atoms with Crippen LogP contribution in [-0.4, -0.2) is 16.1 Å². The molecule has 0 spiro atoms. The highest BCUT2D eigenvalue weighted by molar-refractivity contribution is 8.00. The number of primary amides is 1. The van der Waals surface area contributed by atoms with Gasteiger partial charge >= 0.3 is 0 Å². The highest BCUT2D eigenvalue weighted by atomic mass is 32.2. The lowest BCUT2D eigenvalue weighted by Gasteiger charge is -2.09. The van der Waals surface area contributed by atoms with Crippen molar-refractivity contribution in [2.45, 2.75) is 23.5 Å². The van der Waals surface area contributed by atoms with Crippen LogP contribution in [-0.2, 0) is 4.79 Å². The fraction of sp³-hybridized carbons (Fsp3) is 0.333. The third-order valence-electron chi connectivity index (χ3n) is 1.73. The number of pyridine rings is 1. The van der Waals surface area contributed by atoms with Crippen molar-refractivity contribution in [3.05, 3.63) is 18.3 Å².